The highest BCUT2D eigenvalue weighted by molar-refractivity contribution is 7.86. The fourth-order valence-electron chi connectivity index (χ4n) is 4.13. The topological polar surface area (TPSA) is 204 Å². The number of nitrogens with one attached hydrogen (secondary N) is 3. The fraction of sp³-hybridized carbons (Fsp3) is 0.233. The first-order chi connectivity index (χ1) is 20.6. The maximum atomic E-state index is 13.5. The molecular formula is C30H32N4O9S. The number of ether oxygens (including phenoxy) is 2. The van der Waals surface area contributed by atoms with E-state index in [1.165, 1.54) is 44.6 Å². The number of methoxy groups -OCH3 is 2. The van der Waals surface area contributed by atoms with Crippen LogP contribution in [0, 0.1) is 11.3 Å². The van der Waals surface area contributed by atoms with Crippen LogP contribution in [0.4, 0.5) is 5.69 Å². The first-order valence-corrected chi connectivity index (χ1v) is 14.9. The SMILES string of the molecule is COC(=O)C(NC(=O)c1ccc(-c2ccc(OC)cc2C(=O)Nc2ccc(C(=N)N)cc2)c(C(=O)OS(C)(=O)=O)c1)C(C)C. The molecule has 0 radical (unpaired) electrons. The summed E-state index contributed by atoms with van der Waals surface area (Å²) >= 11 is 0. The number of rotatable bonds is 11. The lowest BCUT2D eigenvalue weighted by Crippen LogP contribution is -2.45. The summed E-state index contributed by atoms with van der Waals surface area (Å²) in [6, 6.07) is 13.5. The van der Waals surface area contributed by atoms with Crippen LogP contribution in [-0.2, 0) is 23.8 Å². The lowest BCUT2D eigenvalue weighted by atomic mass is 9.93. The van der Waals surface area contributed by atoms with Crippen molar-refractivity contribution >= 4 is 45.4 Å². The highest BCUT2D eigenvalue weighted by atomic mass is 32.2. The van der Waals surface area contributed by atoms with Gasteiger partial charge in [0, 0.05) is 16.8 Å². The maximum absolute atomic E-state index is 13.5. The monoisotopic (exact) mass is 624 g/mol. The third kappa shape index (κ3) is 8.19. The largest absolute Gasteiger partial charge is 0.497 e. The summed E-state index contributed by atoms with van der Waals surface area (Å²) in [6.45, 7) is 3.40. The van der Waals surface area contributed by atoms with Gasteiger partial charge in [0.2, 0.25) is 0 Å². The zero-order valence-electron chi connectivity index (χ0n) is 24.6. The number of carbonyl (C=O) groups excluding carboxylic acids is 4. The standard InChI is InChI=1S/C30H32N4O9S/c1-16(2)25(30(38)42-4)34-27(35)18-8-12-22(24(14-18)29(37)43-44(5,39)40)21-13-11-20(41-3)15-23(21)28(36)33-19-9-6-17(7-10-19)26(31)32/h6-16,25H,1-5H3,(H3,31,32)(H,33,36)(H,34,35). The second-order valence-corrected chi connectivity index (χ2v) is 11.5. The Kier molecular flexibility index (Phi) is 10.4. The van der Waals surface area contributed by atoms with E-state index in [1.807, 2.05) is 0 Å². The second-order valence-electron chi connectivity index (χ2n) is 9.91. The summed E-state index contributed by atoms with van der Waals surface area (Å²) in [4.78, 5) is 51.9. The van der Waals surface area contributed by atoms with E-state index < -0.39 is 39.9 Å². The Balaban J connectivity index is 2.13. The second kappa shape index (κ2) is 13.8. The number of carbonyl (C=O) groups is 4. The summed E-state index contributed by atoms with van der Waals surface area (Å²) in [7, 11) is -1.69. The van der Waals surface area contributed by atoms with Crippen LogP contribution >= 0.6 is 0 Å². The Morgan fingerprint density at radius 3 is 1.98 bits per heavy atom. The van der Waals surface area contributed by atoms with Gasteiger partial charge in [-0.2, -0.15) is 8.42 Å². The number of nitrogens with two attached hydrogens (primary N) is 1. The van der Waals surface area contributed by atoms with Crippen molar-refractivity contribution in [3.8, 4) is 16.9 Å². The quantitative estimate of drug-likeness (QED) is 0.106. The van der Waals surface area contributed by atoms with Crippen molar-refractivity contribution in [3.63, 3.8) is 0 Å². The summed E-state index contributed by atoms with van der Waals surface area (Å²) in [5.74, 6) is -3.50. The Labute approximate surface area is 254 Å². The average molecular weight is 625 g/mol. The van der Waals surface area contributed by atoms with Crippen molar-refractivity contribution in [1.82, 2.24) is 5.32 Å². The van der Waals surface area contributed by atoms with Gasteiger partial charge in [-0.05, 0) is 71.6 Å². The van der Waals surface area contributed by atoms with Crippen LogP contribution in [0.15, 0.2) is 60.7 Å². The van der Waals surface area contributed by atoms with Gasteiger partial charge >= 0.3 is 22.1 Å². The molecular weight excluding hydrogens is 592 g/mol. The van der Waals surface area contributed by atoms with E-state index in [-0.39, 0.29) is 39.6 Å². The molecule has 0 saturated carbocycles. The number of anilines is 1. The highest BCUT2D eigenvalue weighted by Crippen LogP contribution is 2.32. The Morgan fingerprint density at radius 1 is 0.841 bits per heavy atom. The zero-order chi connectivity index (χ0) is 32.8. The van der Waals surface area contributed by atoms with Gasteiger partial charge in [0.15, 0.2) is 0 Å². The molecule has 14 heteroatoms. The lowest BCUT2D eigenvalue weighted by Gasteiger charge is -2.20. The van der Waals surface area contributed by atoms with Crippen molar-refractivity contribution in [1.29, 1.82) is 5.41 Å². The summed E-state index contributed by atoms with van der Waals surface area (Å²) in [6.07, 6.45) is 0.689. The summed E-state index contributed by atoms with van der Waals surface area (Å²) in [5.41, 5.74) is 6.19. The van der Waals surface area contributed by atoms with E-state index in [9.17, 15) is 27.6 Å². The number of hydrogen-bond acceptors (Lipinski definition) is 10. The minimum Gasteiger partial charge on any atom is -0.497 e. The summed E-state index contributed by atoms with van der Waals surface area (Å²) in [5, 5.41) is 12.8. The summed E-state index contributed by atoms with van der Waals surface area (Å²) < 4.78 is 38.4. The van der Waals surface area contributed by atoms with Crippen LogP contribution < -0.4 is 21.1 Å². The Morgan fingerprint density at radius 2 is 1.43 bits per heavy atom. The van der Waals surface area contributed by atoms with Gasteiger partial charge in [-0.1, -0.05) is 19.9 Å². The third-order valence-electron chi connectivity index (χ3n) is 6.35. The number of benzene rings is 3. The van der Waals surface area contributed by atoms with Crippen molar-refractivity contribution < 1.29 is 41.3 Å². The van der Waals surface area contributed by atoms with Crippen LogP contribution in [0.3, 0.4) is 0 Å². The minimum atomic E-state index is -4.27. The van der Waals surface area contributed by atoms with Gasteiger partial charge in [0.05, 0.1) is 31.6 Å². The molecule has 0 aliphatic rings. The molecule has 0 bridgehead atoms. The van der Waals surface area contributed by atoms with E-state index in [0.717, 1.165) is 6.07 Å². The van der Waals surface area contributed by atoms with Gasteiger partial charge in [0.25, 0.3) is 11.8 Å². The maximum Gasteiger partial charge on any atom is 0.354 e. The Bertz CT molecular complexity index is 1720. The molecule has 232 valence electrons. The molecule has 1 unspecified atom stereocenters. The van der Waals surface area contributed by atoms with Gasteiger partial charge in [-0.15, -0.1) is 0 Å². The molecule has 1 atom stereocenters. The number of amides is 2. The van der Waals surface area contributed by atoms with Crippen molar-refractivity contribution in [3.05, 3.63) is 82.9 Å². The molecule has 3 rings (SSSR count). The lowest BCUT2D eigenvalue weighted by molar-refractivity contribution is -0.144. The number of hydrogen-bond donors (Lipinski definition) is 4. The molecule has 3 aromatic rings. The zero-order valence-corrected chi connectivity index (χ0v) is 25.4. The minimum absolute atomic E-state index is 0.0381. The molecule has 44 heavy (non-hydrogen) atoms. The first-order valence-electron chi connectivity index (χ1n) is 13.1. The van der Waals surface area contributed by atoms with E-state index in [0.29, 0.717) is 23.3 Å². The molecule has 0 aliphatic carbocycles. The van der Waals surface area contributed by atoms with E-state index in [4.69, 9.17) is 20.6 Å². The Hall–Kier alpha value is -5.24. The molecule has 0 aliphatic heterocycles. The van der Waals surface area contributed by atoms with Crippen molar-refractivity contribution in [2.24, 2.45) is 11.7 Å². The smallest absolute Gasteiger partial charge is 0.354 e. The molecule has 0 spiro atoms. The molecule has 3 aromatic carbocycles. The van der Waals surface area contributed by atoms with Crippen molar-refractivity contribution in [2.45, 2.75) is 19.9 Å². The van der Waals surface area contributed by atoms with Gasteiger partial charge in [-0.25, -0.2) is 9.59 Å². The molecule has 0 heterocycles. The van der Waals surface area contributed by atoms with E-state index >= 15 is 0 Å². The molecule has 0 saturated heterocycles. The molecule has 2 amide bonds. The molecule has 0 fully saturated rings. The molecule has 13 nitrogen and oxygen atoms in total. The predicted octanol–water partition coefficient (Wildman–Crippen LogP) is 2.94. The van der Waals surface area contributed by atoms with Crippen LogP contribution in [0.25, 0.3) is 11.1 Å². The molecule has 0 aromatic heterocycles. The molecule has 5 N–H and O–H groups in total. The van der Waals surface area contributed by atoms with Gasteiger partial charge in [0.1, 0.15) is 17.6 Å². The fourth-order valence-corrected chi connectivity index (χ4v) is 4.49. The first kappa shape index (κ1) is 33.3. The third-order valence-corrected chi connectivity index (χ3v) is 6.81. The van der Waals surface area contributed by atoms with Crippen LogP contribution in [0.1, 0.15) is 50.5 Å². The number of nitrogen functional groups attached to an aromatic ring is 1. The van der Waals surface area contributed by atoms with Gasteiger partial charge in [-0.3, -0.25) is 15.0 Å². The highest BCUT2D eigenvalue weighted by Gasteiger charge is 2.28. The van der Waals surface area contributed by atoms with Crippen LogP contribution in [0.2, 0.25) is 0 Å². The number of amidine groups is 1. The van der Waals surface area contributed by atoms with E-state index in [2.05, 4.69) is 14.8 Å². The van der Waals surface area contributed by atoms with Crippen LogP contribution in [-0.4, -0.2) is 64.5 Å². The van der Waals surface area contributed by atoms with Crippen LogP contribution in [0.5, 0.6) is 5.75 Å². The average Bonchev–Trinajstić information content (AvgIpc) is 2.97. The number of esters is 1. The van der Waals surface area contributed by atoms with Gasteiger partial charge < -0.3 is 30.0 Å². The predicted molar refractivity (Wildman–Crippen MR) is 162 cm³/mol. The normalized spacial score (nSPS) is 11.7. The van der Waals surface area contributed by atoms with E-state index in [1.54, 1.807) is 38.1 Å². The van der Waals surface area contributed by atoms with Crippen molar-refractivity contribution in [2.75, 3.05) is 25.8 Å².